The molecule has 1 aromatic carbocycles. The zero-order valence-electron chi connectivity index (χ0n) is 14.3. The number of benzene rings is 1. The molecule has 0 bridgehead atoms. The van der Waals surface area contributed by atoms with Crippen LogP contribution in [0.2, 0.25) is 0 Å². The number of thiophene rings is 1. The molecule has 1 fully saturated rings. The first-order valence-corrected chi connectivity index (χ1v) is 9.52. The van der Waals surface area contributed by atoms with Crippen molar-refractivity contribution in [3.05, 3.63) is 53.0 Å². The van der Waals surface area contributed by atoms with Gasteiger partial charge in [-0.2, -0.15) is 0 Å². The highest BCUT2D eigenvalue weighted by Gasteiger charge is 2.26. The van der Waals surface area contributed by atoms with Crippen molar-refractivity contribution in [1.29, 1.82) is 0 Å². The van der Waals surface area contributed by atoms with Gasteiger partial charge in [0.05, 0.1) is 24.3 Å². The molecule has 3 heterocycles. The van der Waals surface area contributed by atoms with Gasteiger partial charge in [0.2, 0.25) is 0 Å². The molecule has 1 aliphatic rings. The van der Waals surface area contributed by atoms with Crippen molar-refractivity contribution >= 4 is 28.1 Å². The highest BCUT2D eigenvalue weighted by atomic mass is 32.1. The van der Waals surface area contributed by atoms with Gasteiger partial charge in [-0.05, 0) is 30.5 Å². The summed E-state index contributed by atoms with van der Waals surface area (Å²) in [6, 6.07) is 12.8. The molecule has 3 aromatic rings. The second-order valence-electron chi connectivity index (χ2n) is 6.33. The van der Waals surface area contributed by atoms with Gasteiger partial charge in [0.25, 0.3) is 0 Å². The Kier molecular flexibility index (Phi) is 4.92. The quantitative estimate of drug-likeness (QED) is 0.759. The van der Waals surface area contributed by atoms with Crippen LogP contribution in [0.3, 0.4) is 0 Å². The van der Waals surface area contributed by atoms with E-state index in [9.17, 15) is 0 Å². The van der Waals surface area contributed by atoms with E-state index in [-0.39, 0.29) is 6.10 Å². The molecule has 6 heteroatoms. The molecule has 1 N–H and O–H groups in total. The topological polar surface area (TPSA) is 50.3 Å². The molecule has 0 aliphatic carbocycles. The average Bonchev–Trinajstić information content (AvgIpc) is 3.16. The summed E-state index contributed by atoms with van der Waals surface area (Å²) in [4.78, 5) is 12.7. The van der Waals surface area contributed by atoms with Crippen LogP contribution in [-0.4, -0.2) is 47.2 Å². The molecule has 0 saturated carbocycles. The summed E-state index contributed by atoms with van der Waals surface area (Å²) in [5.74, 6) is 0.897. The molecule has 0 amide bonds. The number of nitrogens with zero attached hydrogens (tertiary/aromatic N) is 3. The van der Waals surface area contributed by atoms with Crippen LogP contribution in [0.5, 0.6) is 0 Å². The maximum absolute atomic E-state index is 5.72. The fourth-order valence-corrected chi connectivity index (χ4v) is 4.22. The van der Waals surface area contributed by atoms with Crippen LogP contribution in [0.15, 0.2) is 48.1 Å². The van der Waals surface area contributed by atoms with E-state index in [0.717, 1.165) is 43.0 Å². The normalized spacial score (nSPS) is 19.8. The van der Waals surface area contributed by atoms with Gasteiger partial charge in [0.1, 0.15) is 12.1 Å². The number of hydrogen-bond donors (Lipinski definition) is 1. The number of ether oxygens (including phenoxy) is 1. The Hall–Kier alpha value is -2.02. The lowest BCUT2D eigenvalue weighted by atomic mass is 10.1. The zero-order chi connectivity index (χ0) is 17.1. The lowest BCUT2D eigenvalue weighted by Crippen LogP contribution is -2.44. The largest absolute Gasteiger partial charge is 0.376 e. The smallest absolute Gasteiger partial charge is 0.137 e. The molecule has 2 unspecified atom stereocenters. The lowest BCUT2D eigenvalue weighted by Gasteiger charge is -2.37. The van der Waals surface area contributed by atoms with Crippen LogP contribution < -0.4 is 5.32 Å². The summed E-state index contributed by atoms with van der Waals surface area (Å²) in [6.45, 7) is 5.66. The van der Waals surface area contributed by atoms with E-state index in [1.807, 2.05) is 29.5 Å². The van der Waals surface area contributed by atoms with Gasteiger partial charge in [-0.15, -0.1) is 11.3 Å². The van der Waals surface area contributed by atoms with E-state index in [0.29, 0.717) is 6.04 Å². The van der Waals surface area contributed by atoms with E-state index < -0.39 is 0 Å². The van der Waals surface area contributed by atoms with Gasteiger partial charge >= 0.3 is 0 Å². The number of para-hydroxylation sites is 1. The highest BCUT2D eigenvalue weighted by molar-refractivity contribution is 7.10. The predicted molar refractivity (Wildman–Crippen MR) is 102 cm³/mol. The molecular weight excluding hydrogens is 332 g/mol. The third-order valence-corrected chi connectivity index (χ3v) is 5.56. The van der Waals surface area contributed by atoms with Crippen molar-refractivity contribution < 1.29 is 4.74 Å². The molecule has 0 spiro atoms. The summed E-state index contributed by atoms with van der Waals surface area (Å²) >= 11 is 1.81. The maximum Gasteiger partial charge on any atom is 0.137 e. The van der Waals surface area contributed by atoms with Crippen molar-refractivity contribution in [2.24, 2.45) is 0 Å². The Bertz CT molecular complexity index is 818. The number of rotatable bonds is 5. The first-order valence-electron chi connectivity index (χ1n) is 8.64. The number of fused-ring (bicyclic) bond motifs is 1. The Morgan fingerprint density at radius 3 is 3.04 bits per heavy atom. The molecule has 25 heavy (non-hydrogen) atoms. The Balaban J connectivity index is 1.56. The van der Waals surface area contributed by atoms with Gasteiger partial charge in [0.15, 0.2) is 0 Å². The molecule has 4 rings (SSSR count). The van der Waals surface area contributed by atoms with Gasteiger partial charge in [-0.3, -0.25) is 4.90 Å². The third kappa shape index (κ3) is 3.66. The van der Waals surface area contributed by atoms with E-state index in [1.165, 1.54) is 4.88 Å². The summed E-state index contributed by atoms with van der Waals surface area (Å²) in [7, 11) is 0. The van der Waals surface area contributed by atoms with Crippen molar-refractivity contribution in [2.75, 3.05) is 31.6 Å². The molecule has 130 valence electrons. The molecule has 2 atom stereocenters. The summed E-state index contributed by atoms with van der Waals surface area (Å²) in [5, 5.41) is 6.77. The second-order valence-corrected chi connectivity index (χ2v) is 7.31. The van der Waals surface area contributed by atoms with Crippen molar-refractivity contribution in [3.63, 3.8) is 0 Å². The van der Waals surface area contributed by atoms with Crippen molar-refractivity contribution in [3.8, 4) is 0 Å². The Morgan fingerprint density at radius 2 is 2.20 bits per heavy atom. The summed E-state index contributed by atoms with van der Waals surface area (Å²) in [6.07, 6.45) is 1.90. The summed E-state index contributed by atoms with van der Waals surface area (Å²) < 4.78 is 5.72. The molecule has 1 aliphatic heterocycles. The van der Waals surface area contributed by atoms with E-state index in [1.54, 1.807) is 6.33 Å². The number of morpholine rings is 1. The molecular formula is C19H22N4OS. The van der Waals surface area contributed by atoms with E-state index in [4.69, 9.17) is 4.74 Å². The number of aromatic nitrogens is 2. The molecule has 1 saturated heterocycles. The monoisotopic (exact) mass is 354 g/mol. The zero-order valence-corrected chi connectivity index (χ0v) is 15.1. The second kappa shape index (κ2) is 7.47. The maximum atomic E-state index is 5.72. The minimum Gasteiger partial charge on any atom is -0.376 e. The number of anilines is 1. The van der Waals surface area contributed by atoms with Gasteiger partial charge in [-0.1, -0.05) is 18.2 Å². The number of hydrogen-bond acceptors (Lipinski definition) is 6. The first-order chi connectivity index (χ1) is 12.3. The van der Waals surface area contributed by atoms with Gasteiger partial charge in [-0.25, -0.2) is 9.97 Å². The van der Waals surface area contributed by atoms with Crippen LogP contribution in [0, 0.1) is 0 Å². The van der Waals surface area contributed by atoms with Crippen LogP contribution in [-0.2, 0) is 4.74 Å². The Morgan fingerprint density at radius 1 is 1.28 bits per heavy atom. The first kappa shape index (κ1) is 16.4. The summed E-state index contributed by atoms with van der Waals surface area (Å²) in [5.41, 5.74) is 0.965. The SMILES string of the molecule is CC1CN(C(CNc2ncnc3ccccc23)c2cccs2)CCO1. The third-order valence-electron chi connectivity index (χ3n) is 4.59. The minimum atomic E-state index is 0.274. The molecule has 5 nitrogen and oxygen atoms in total. The fraction of sp³-hybridized carbons (Fsp3) is 0.368. The average molecular weight is 354 g/mol. The Labute approximate surface area is 151 Å². The standard InChI is InChI=1S/C19H22N4OS/c1-14-12-23(8-9-24-14)17(18-7-4-10-25-18)11-20-19-15-5-2-3-6-16(15)21-13-22-19/h2-7,10,13-14,17H,8-9,11-12H2,1H3,(H,20,21,22). The van der Waals surface area contributed by atoms with E-state index in [2.05, 4.69) is 50.7 Å². The molecule has 2 aromatic heterocycles. The van der Waals surface area contributed by atoms with Crippen molar-refractivity contribution in [2.45, 2.75) is 19.1 Å². The molecule has 0 radical (unpaired) electrons. The lowest BCUT2D eigenvalue weighted by molar-refractivity contribution is -0.0322. The van der Waals surface area contributed by atoms with Crippen molar-refractivity contribution in [1.82, 2.24) is 14.9 Å². The van der Waals surface area contributed by atoms with Gasteiger partial charge in [0, 0.05) is 29.9 Å². The highest BCUT2D eigenvalue weighted by Crippen LogP contribution is 2.28. The minimum absolute atomic E-state index is 0.274. The van der Waals surface area contributed by atoms with Crippen LogP contribution in [0.1, 0.15) is 17.8 Å². The van der Waals surface area contributed by atoms with Crippen LogP contribution >= 0.6 is 11.3 Å². The van der Waals surface area contributed by atoms with Crippen LogP contribution in [0.4, 0.5) is 5.82 Å². The predicted octanol–water partition coefficient (Wildman–Crippen LogP) is 3.57. The number of nitrogens with one attached hydrogen (secondary N) is 1. The fourth-order valence-electron chi connectivity index (χ4n) is 3.36. The van der Waals surface area contributed by atoms with E-state index >= 15 is 0 Å². The van der Waals surface area contributed by atoms with Crippen LogP contribution in [0.25, 0.3) is 10.9 Å². The van der Waals surface area contributed by atoms with Gasteiger partial charge < -0.3 is 10.1 Å².